The SMILES string of the molecule is COC(=O)c1c(-c2ncccc2C(F)(F)F)n[nH]c1Cl. The number of nitrogens with zero attached hydrogens (tertiary/aromatic N) is 2. The molecule has 2 aromatic rings. The highest BCUT2D eigenvalue weighted by Crippen LogP contribution is 2.37. The molecule has 0 aliphatic carbocycles. The standard InChI is InChI=1S/C11H7ClF3N3O2/c1-20-10(19)6-8(17-18-9(6)12)7-5(11(13,14)15)3-2-4-16-7/h2-4H,1H3,(H,17,18). The number of ether oxygens (including phenoxy) is 1. The third kappa shape index (κ3) is 2.46. The largest absolute Gasteiger partial charge is 0.465 e. The highest BCUT2D eigenvalue weighted by molar-refractivity contribution is 6.33. The maximum absolute atomic E-state index is 12.9. The van der Waals surface area contributed by atoms with Crippen molar-refractivity contribution < 1.29 is 22.7 Å². The van der Waals surface area contributed by atoms with Gasteiger partial charge in [0.05, 0.1) is 12.7 Å². The second-order valence-corrected chi connectivity index (χ2v) is 4.03. The molecule has 0 aromatic carbocycles. The van der Waals surface area contributed by atoms with Crippen LogP contribution >= 0.6 is 11.6 Å². The number of hydrogen-bond acceptors (Lipinski definition) is 4. The van der Waals surface area contributed by atoms with Crippen molar-refractivity contribution in [2.24, 2.45) is 0 Å². The van der Waals surface area contributed by atoms with E-state index in [2.05, 4.69) is 19.9 Å². The molecular formula is C11H7ClF3N3O2. The topological polar surface area (TPSA) is 67.9 Å². The zero-order valence-corrected chi connectivity index (χ0v) is 10.7. The Morgan fingerprint density at radius 1 is 1.40 bits per heavy atom. The molecule has 0 amide bonds. The molecule has 0 spiro atoms. The van der Waals surface area contributed by atoms with Crippen LogP contribution in [-0.2, 0) is 10.9 Å². The average molecular weight is 306 g/mol. The van der Waals surface area contributed by atoms with Crippen molar-refractivity contribution in [3.63, 3.8) is 0 Å². The number of hydrogen-bond donors (Lipinski definition) is 1. The third-order valence-corrected chi connectivity index (χ3v) is 2.72. The second kappa shape index (κ2) is 5.12. The zero-order valence-electron chi connectivity index (χ0n) is 9.95. The lowest BCUT2D eigenvalue weighted by Gasteiger charge is -2.10. The van der Waals surface area contributed by atoms with Gasteiger partial charge >= 0.3 is 12.1 Å². The summed E-state index contributed by atoms with van der Waals surface area (Å²) in [6, 6.07) is 1.98. The normalized spacial score (nSPS) is 11.4. The third-order valence-electron chi connectivity index (χ3n) is 2.45. The molecule has 2 rings (SSSR count). The highest BCUT2D eigenvalue weighted by Gasteiger charge is 2.36. The second-order valence-electron chi connectivity index (χ2n) is 3.65. The van der Waals surface area contributed by atoms with E-state index < -0.39 is 23.4 Å². The van der Waals surface area contributed by atoms with E-state index in [1.54, 1.807) is 0 Å². The van der Waals surface area contributed by atoms with E-state index in [1.807, 2.05) is 0 Å². The summed E-state index contributed by atoms with van der Waals surface area (Å²) in [6.45, 7) is 0. The smallest absolute Gasteiger partial charge is 0.418 e. The maximum atomic E-state index is 12.9. The molecule has 0 fully saturated rings. The summed E-state index contributed by atoms with van der Waals surface area (Å²) >= 11 is 5.71. The van der Waals surface area contributed by atoms with Crippen LogP contribution in [0.5, 0.6) is 0 Å². The van der Waals surface area contributed by atoms with Gasteiger partial charge in [0, 0.05) is 6.20 Å². The predicted molar refractivity (Wildman–Crippen MR) is 63.2 cm³/mol. The van der Waals surface area contributed by atoms with Gasteiger partial charge < -0.3 is 4.74 Å². The molecule has 0 saturated heterocycles. The van der Waals surface area contributed by atoms with Crippen LogP contribution in [0.4, 0.5) is 13.2 Å². The number of aromatic nitrogens is 3. The van der Waals surface area contributed by atoms with Crippen molar-refractivity contribution in [3.05, 3.63) is 34.6 Å². The molecule has 20 heavy (non-hydrogen) atoms. The number of H-pyrrole nitrogens is 1. The minimum absolute atomic E-state index is 0.217. The van der Waals surface area contributed by atoms with Gasteiger partial charge in [-0.25, -0.2) is 4.79 Å². The van der Waals surface area contributed by atoms with E-state index in [9.17, 15) is 18.0 Å². The van der Waals surface area contributed by atoms with Crippen molar-refractivity contribution in [1.82, 2.24) is 15.2 Å². The van der Waals surface area contributed by atoms with Crippen LogP contribution < -0.4 is 0 Å². The molecule has 0 atom stereocenters. The number of carbonyl (C=O) groups is 1. The van der Waals surface area contributed by atoms with E-state index in [-0.39, 0.29) is 16.4 Å². The highest BCUT2D eigenvalue weighted by atomic mass is 35.5. The average Bonchev–Trinajstić information content (AvgIpc) is 2.78. The van der Waals surface area contributed by atoms with Crippen molar-refractivity contribution in [2.75, 3.05) is 7.11 Å². The van der Waals surface area contributed by atoms with Crippen LogP contribution in [-0.4, -0.2) is 28.3 Å². The van der Waals surface area contributed by atoms with Crippen LogP contribution in [0.3, 0.4) is 0 Å². The Bertz CT molecular complexity index is 655. The van der Waals surface area contributed by atoms with E-state index in [0.717, 1.165) is 25.4 Å². The number of esters is 1. The van der Waals surface area contributed by atoms with Gasteiger partial charge in [-0.15, -0.1) is 0 Å². The molecule has 0 bridgehead atoms. The van der Waals surface area contributed by atoms with E-state index in [4.69, 9.17) is 11.6 Å². The first-order valence-electron chi connectivity index (χ1n) is 5.21. The molecule has 0 radical (unpaired) electrons. The lowest BCUT2D eigenvalue weighted by Crippen LogP contribution is -2.10. The Morgan fingerprint density at radius 3 is 2.70 bits per heavy atom. The molecule has 0 unspecified atom stereocenters. The fourth-order valence-corrected chi connectivity index (χ4v) is 1.81. The lowest BCUT2D eigenvalue weighted by atomic mass is 10.1. The van der Waals surface area contributed by atoms with Gasteiger partial charge in [-0.2, -0.15) is 18.3 Å². The van der Waals surface area contributed by atoms with Crippen LogP contribution in [0.2, 0.25) is 5.15 Å². The van der Waals surface area contributed by atoms with Crippen molar-refractivity contribution in [2.45, 2.75) is 6.18 Å². The Morgan fingerprint density at radius 2 is 2.10 bits per heavy atom. The van der Waals surface area contributed by atoms with E-state index >= 15 is 0 Å². The summed E-state index contributed by atoms with van der Waals surface area (Å²) in [4.78, 5) is 15.2. The summed E-state index contributed by atoms with van der Waals surface area (Å²) in [7, 11) is 1.08. The fraction of sp³-hybridized carbons (Fsp3) is 0.182. The van der Waals surface area contributed by atoms with Gasteiger partial charge in [0.25, 0.3) is 0 Å². The summed E-state index contributed by atoms with van der Waals surface area (Å²) in [5.74, 6) is -0.905. The lowest BCUT2D eigenvalue weighted by molar-refractivity contribution is -0.137. The number of alkyl halides is 3. The summed E-state index contributed by atoms with van der Waals surface area (Å²) in [5.41, 5.74) is -2.12. The minimum Gasteiger partial charge on any atom is -0.465 e. The van der Waals surface area contributed by atoms with Crippen molar-refractivity contribution >= 4 is 17.6 Å². The van der Waals surface area contributed by atoms with E-state index in [1.165, 1.54) is 0 Å². The first-order chi connectivity index (χ1) is 9.36. The fourth-order valence-electron chi connectivity index (χ4n) is 1.60. The van der Waals surface area contributed by atoms with Crippen LogP contribution in [0.15, 0.2) is 18.3 Å². The number of carbonyl (C=O) groups excluding carboxylic acids is 1. The molecule has 0 saturated carbocycles. The number of methoxy groups -OCH3 is 1. The predicted octanol–water partition coefficient (Wildman–Crippen LogP) is 2.93. The number of halogens is 4. The summed E-state index contributed by atoms with van der Waals surface area (Å²) in [6.07, 6.45) is -3.48. The van der Waals surface area contributed by atoms with Gasteiger partial charge in [-0.05, 0) is 12.1 Å². The van der Waals surface area contributed by atoms with E-state index in [0.29, 0.717) is 0 Å². The quantitative estimate of drug-likeness (QED) is 0.866. The number of aromatic amines is 1. The Kier molecular flexibility index (Phi) is 3.67. The van der Waals surface area contributed by atoms with Crippen molar-refractivity contribution in [1.29, 1.82) is 0 Å². The van der Waals surface area contributed by atoms with Crippen LogP contribution in [0, 0.1) is 0 Å². The first kappa shape index (κ1) is 14.3. The monoisotopic (exact) mass is 305 g/mol. The van der Waals surface area contributed by atoms with Crippen molar-refractivity contribution in [3.8, 4) is 11.4 Å². The Labute approximate surface area is 115 Å². The molecule has 9 heteroatoms. The molecule has 106 valence electrons. The summed E-state index contributed by atoms with van der Waals surface area (Å²) < 4.78 is 43.3. The Balaban J connectivity index is 2.68. The van der Waals surface area contributed by atoms with Gasteiger partial charge in [0.1, 0.15) is 22.1 Å². The first-order valence-corrected chi connectivity index (χ1v) is 5.58. The maximum Gasteiger partial charge on any atom is 0.418 e. The molecule has 1 N–H and O–H groups in total. The van der Waals surface area contributed by atoms with Gasteiger partial charge in [-0.1, -0.05) is 11.6 Å². The van der Waals surface area contributed by atoms with Crippen LogP contribution in [0.25, 0.3) is 11.4 Å². The molecular weight excluding hydrogens is 299 g/mol. The summed E-state index contributed by atoms with van der Waals surface area (Å²) in [5, 5.41) is 5.63. The molecule has 0 aliphatic heterocycles. The minimum atomic E-state index is -4.64. The van der Waals surface area contributed by atoms with Gasteiger partial charge in [0.2, 0.25) is 0 Å². The van der Waals surface area contributed by atoms with Gasteiger partial charge in [0.15, 0.2) is 0 Å². The number of pyridine rings is 1. The van der Waals surface area contributed by atoms with Crippen LogP contribution in [0.1, 0.15) is 15.9 Å². The van der Waals surface area contributed by atoms with Gasteiger partial charge in [-0.3, -0.25) is 10.1 Å². The molecule has 2 aromatic heterocycles. The zero-order chi connectivity index (χ0) is 14.9. The Hall–Kier alpha value is -2.09. The molecule has 0 aliphatic rings. The number of rotatable bonds is 2. The molecule has 2 heterocycles. The molecule has 5 nitrogen and oxygen atoms in total. The number of nitrogens with one attached hydrogen (secondary N) is 1.